The van der Waals surface area contributed by atoms with Gasteiger partial charge >= 0.3 is 0 Å². The Morgan fingerprint density at radius 3 is 2.56 bits per heavy atom. The molecule has 0 saturated heterocycles. The summed E-state index contributed by atoms with van der Waals surface area (Å²) in [6.07, 6.45) is 4.01. The van der Waals surface area contributed by atoms with E-state index in [1.807, 2.05) is 24.3 Å². The van der Waals surface area contributed by atoms with E-state index in [4.69, 9.17) is 9.47 Å². The molecule has 0 saturated carbocycles. The molecule has 1 rings (SSSR count). The van der Waals surface area contributed by atoms with Crippen LogP contribution in [0.1, 0.15) is 32.3 Å². The van der Waals surface area contributed by atoms with Gasteiger partial charge in [0.1, 0.15) is 0 Å². The van der Waals surface area contributed by atoms with Gasteiger partial charge < -0.3 is 9.47 Å². The van der Waals surface area contributed by atoms with E-state index in [0.717, 1.165) is 19.4 Å². The minimum Gasteiger partial charge on any atom is -0.374 e. The van der Waals surface area contributed by atoms with E-state index in [1.165, 1.54) is 5.56 Å². The molecule has 0 heterocycles. The molecular weight excluding hydrogens is 224 g/mol. The molecule has 100 valence electrons. The summed E-state index contributed by atoms with van der Waals surface area (Å²) in [4.78, 5) is 0. The Kier molecular flexibility index (Phi) is 7.38. The van der Waals surface area contributed by atoms with Crippen molar-refractivity contribution in [1.29, 1.82) is 0 Å². The molecule has 2 heteroatoms. The molecule has 1 aromatic carbocycles. The maximum absolute atomic E-state index is 5.81. The summed E-state index contributed by atoms with van der Waals surface area (Å²) in [5, 5.41) is 0. The van der Waals surface area contributed by atoms with Crippen LogP contribution in [0, 0.1) is 0 Å². The average molecular weight is 248 g/mol. The fourth-order valence-electron chi connectivity index (χ4n) is 1.71. The van der Waals surface area contributed by atoms with Crippen molar-refractivity contribution < 1.29 is 9.47 Å². The quantitative estimate of drug-likeness (QED) is 0.616. The molecule has 1 aromatic rings. The largest absolute Gasteiger partial charge is 0.374 e. The highest BCUT2D eigenvalue weighted by Crippen LogP contribution is 2.10. The summed E-state index contributed by atoms with van der Waals surface area (Å²) >= 11 is 0. The summed E-state index contributed by atoms with van der Waals surface area (Å²) in [5.41, 5.74) is 1.20. The standard InChI is InChI=1S/C16H24O2/c1-4-11-17-16(5-2)12-14(3)18-13-15-9-7-6-8-10-15/h5-10,14,16H,2,4,11-13H2,1,3H3/t14-,16-/m0/s1. The van der Waals surface area contributed by atoms with Gasteiger partial charge in [-0.25, -0.2) is 0 Å². The molecule has 2 atom stereocenters. The van der Waals surface area contributed by atoms with Crippen molar-refractivity contribution in [3.63, 3.8) is 0 Å². The van der Waals surface area contributed by atoms with Gasteiger partial charge in [0.05, 0.1) is 18.8 Å². The molecule has 0 N–H and O–H groups in total. The van der Waals surface area contributed by atoms with Crippen LogP contribution in [0.15, 0.2) is 43.0 Å². The number of hydrogen-bond acceptors (Lipinski definition) is 2. The van der Waals surface area contributed by atoms with Crippen LogP contribution in [0.4, 0.5) is 0 Å². The lowest BCUT2D eigenvalue weighted by Crippen LogP contribution is -2.19. The van der Waals surface area contributed by atoms with Crippen LogP contribution in [-0.4, -0.2) is 18.8 Å². The lowest BCUT2D eigenvalue weighted by Gasteiger charge is -2.19. The van der Waals surface area contributed by atoms with Gasteiger partial charge in [-0.2, -0.15) is 0 Å². The average Bonchev–Trinajstić information content (AvgIpc) is 2.42. The zero-order valence-electron chi connectivity index (χ0n) is 11.5. The first-order valence-corrected chi connectivity index (χ1v) is 6.66. The lowest BCUT2D eigenvalue weighted by atomic mass is 10.1. The molecule has 0 aromatic heterocycles. The minimum atomic E-state index is 0.0933. The summed E-state index contributed by atoms with van der Waals surface area (Å²) < 4.78 is 11.5. The predicted octanol–water partition coefficient (Wildman–Crippen LogP) is 3.96. The summed E-state index contributed by atoms with van der Waals surface area (Å²) in [6.45, 7) is 9.42. The van der Waals surface area contributed by atoms with Gasteiger partial charge in [0.15, 0.2) is 0 Å². The topological polar surface area (TPSA) is 18.5 Å². The van der Waals surface area contributed by atoms with Gasteiger partial charge in [-0.15, -0.1) is 6.58 Å². The van der Waals surface area contributed by atoms with Crippen LogP contribution >= 0.6 is 0 Å². The first-order chi connectivity index (χ1) is 8.76. The van der Waals surface area contributed by atoms with Crippen LogP contribution in [0.3, 0.4) is 0 Å². The third kappa shape index (κ3) is 5.99. The van der Waals surface area contributed by atoms with Crippen molar-refractivity contribution in [2.75, 3.05) is 6.61 Å². The molecule has 0 aliphatic rings. The Morgan fingerprint density at radius 1 is 1.22 bits per heavy atom. The minimum absolute atomic E-state index is 0.0933. The molecule has 0 spiro atoms. The van der Waals surface area contributed by atoms with E-state index in [2.05, 4.69) is 32.6 Å². The second-order valence-corrected chi connectivity index (χ2v) is 4.49. The van der Waals surface area contributed by atoms with Crippen LogP contribution in [0.25, 0.3) is 0 Å². The molecule has 0 unspecified atom stereocenters. The van der Waals surface area contributed by atoms with E-state index in [9.17, 15) is 0 Å². The van der Waals surface area contributed by atoms with Gasteiger partial charge in [0.2, 0.25) is 0 Å². The van der Waals surface area contributed by atoms with Crippen molar-refractivity contribution in [1.82, 2.24) is 0 Å². The van der Waals surface area contributed by atoms with Crippen LogP contribution < -0.4 is 0 Å². The Bertz CT molecular complexity index is 321. The van der Waals surface area contributed by atoms with Crippen molar-refractivity contribution >= 4 is 0 Å². The fourth-order valence-corrected chi connectivity index (χ4v) is 1.71. The zero-order valence-corrected chi connectivity index (χ0v) is 11.5. The fraction of sp³-hybridized carbons (Fsp3) is 0.500. The number of benzene rings is 1. The van der Waals surface area contributed by atoms with Gasteiger partial charge in [-0.05, 0) is 18.9 Å². The number of rotatable bonds is 9. The van der Waals surface area contributed by atoms with Crippen molar-refractivity contribution in [2.24, 2.45) is 0 Å². The molecule has 2 nitrogen and oxygen atoms in total. The van der Waals surface area contributed by atoms with E-state index >= 15 is 0 Å². The van der Waals surface area contributed by atoms with Gasteiger partial charge in [-0.1, -0.05) is 43.3 Å². The van der Waals surface area contributed by atoms with Crippen molar-refractivity contribution in [2.45, 2.75) is 45.5 Å². The Hall–Kier alpha value is -1.12. The monoisotopic (exact) mass is 248 g/mol. The highest BCUT2D eigenvalue weighted by Gasteiger charge is 2.10. The Labute approximate surface area is 111 Å². The van der Waals surface area contributed by atoms with Gasteiger partial charge in [0, 0.05) is 13.0 Å². The predicted molar refractivity (Wildman–Crippen MR) is 75.5 cm³/mol. The van der Waals surface area contributed by atoms with E-state index < -0.39 is 0 Å². The molecule has 0 radical (unpaired) electrons. The molecule has 18 heavy (non-hydrogen) atoms. The van der Waals surface area contributed by atoms with Crippen molar-refractivity contribution in [3.8, 4) is 0 Å². The second kappa shape index (κ2) is 8.90. The van der Waals surface area contributed by atoms with Crippen LogP contribution in [-0.2, 0) is 16.1 Å². The van der Waals surface area contributed by atoms with Crippen molar-refractivity contribution in [3.05, 3.63) is 48.6 Å². The SMILES string of the molecule is C=C[C@@H](C[C@H](C)OCc1ccccc1)OCCC. The van der Waals surface area contributed by atoms with Gasteiger partial charge in [-0.3, -0.25) is 0 Å². The molecule has 0 aliphatic heterocycles. The smallest absolute Gasteiger partial charge is 0.0777 e. The maximum Gasteiger partial charge on any atom is 0.0777 e. The Morgan fingerprint density at radius 2 is 1.94 bits per heavy atom. The number of hydrogen-bond donors (Lipinski definition) is 0. The summed E-state index contributed by atoms with van der Waals surface area (Å²) in [5.74, 6) is 0. The van der Waals surface area contributed by atoms with E-state index in [0.29, 0.717) is 6.61 Å². The first-order valence-electron chi connectivity index (χ1n) is 6.66. The highest BCUT2D eigenvalue weighted by atomic mass is 16.5. The van der Waals surface area contributed by atoms with E-state index in [-0.39, 0.29) is 12.2 Å². The van der Waals surface area contributed by atoms with Crippen LogP contribution in [0.2, 0.25) is 0 Å². The molecule has 0 bridgehead atoms. The molecule has 0 aliphatic carbocycles. The van der Waals surface area contributed by atoms with Crippen LogP contribution in [0.5, 0.6) is 0 Å². The van der Waals surface area contributed by atoms with Gasteiger partial charge in [0.25, 0.3) is 0 Å². The second-order valence-electron chi connectivity index (χ2n) is 4.49. The summed E-state index contributed by atoms with van der Waals surface area (Å²) in [6, 6.07) is 10.2. The maximum atomic E-state index is 5.81. The zero-order chi connectivity index (χ0) is 13.2. The van der Waals surface area contributed by atoms with E-state index in [1.54, 1.807) is 0 Å². The third-order valence-electron chi connectivity index (χ3n) is 2.74. The first kappa shape index (κ1) is 14.9. The molecule has 0 amide bonds. The molecule has 0 fully saturated rings. The number of ether oxygens (including phenoxy) is 2. The Balaban J connectivity index is 2.27. The molecular formula is C16H24O2. The lowest BCUT2D eigenvalue weighted by molar-refractivity contribution is 0.000830. The summed E-state index contributed by atoms with van der Waals surface area (Å²) in [7, 11) is 0. The third-order valence-corrected chi connectivity index (χ3v) is 2.74. The highest BCUT2D eigenvalue weighted by molar-refractivity contribution is 5.13. The normalized spacial score (nSPS) is 14.1.